The minimum Gasteiger partial charge on any atom is -0.390 e. The molecule has 0 radical (unpaired) electrons. The van der Waals surface area contributed by atoms with Gasteiger partial charge >= 0.3 is 0 Å². The van der Waals surface area contributed by atoms with Crippen LogP contribution >= 0.6 is 11.6 Å². The Morgan fingerprint density at radius 3 is 2.53 bits per heavy atom. The first kappa shape index (κ1) is 14.8. The molecule has 1 heterocycles. The normalized spacial score (nSPS) is 20.2. The number of ether oxygens (including phenoxy) is 2. The fourth-order valence-corrected chi connectivity index (χ4v) is 2.73. The van der Waals surface area contributed by atoms with Crippen LogP contribution in [0.3, 0.4) is 0 Å². The van der Waals surface area contributed by atoms with Crippen LogP contribution in [0.25, 0.3) is 0 Å². The molecule has 1 aromatic rings. The van der Waals surface area contributed by atoms with Gasteiger partial charge in [0.05, 0.1) is 11.7 Å². The molecule has 0 saturated carbocycles. The van der Waals surface area contributed by atoms with Crippen molar-refractivity contribution in [3.63, 3.8) is 0 Å². The largest absolute Gasteiger partial charge is 0.390 e. The van der Waals surface area contributed by atoms with Gasteiger partial charge in [0, 0.05) is 44.1 Å². The van der Waals surface area contributed by atoms with E-state index in [0.29, 0.717) is 31.3 Å². The first-order chi connectivity index (χ1) is 9.16. The van der Waals surface area contributed by atoms with E-state index in [-0.39, 0.29) is 0 Å². The summed E-state index contributed by atoms with van der Waals surface area (Å²) in [4.78, 5) is 0. The van der Waals surface area contributed by atoms with Crippen molar-refractivity contribution >= 4 is 11.6 Å². The van der Waals surface area contributed by atoms with Crippen molar-refractivity contribution in [1.29, 1.82) is 0 Å². The molecule has 4 heteroatoms. The second kappa shape index (κ2) is 6.71. The molecule has 1 fully saturated rings. The third-order valence-electron chi connectivity index (χ3n) is 3.72. The summed E-state index contributed by atoms with van der Waals surface area (Å²) in [6, 6.07) is 7.59. The van der Waals surface area contributed by atoms with Crippen molar-refractivity contribution in [2.45, 2.75) is 37.9 Å². The second-order valence-electron chi connectivity index (χ2n) is 4.96. The molecule has 0 aliphatic carbocycles. The van der Waals surface area contributed by atoms with Crippen LogP contribution in [0.15, 0.2) is 24.3 Å². The molecular weight excluding hydrogens is 264 g/mol. The third-order valence-corrected chi connectivity index (χ3v) is 3.97. The Morgan fingerprint density at radius 1 is 1.32 bits per heavy atom. The lowest BCUT2D eigenvalue weighted by molar-refractivity contribution is -0.165. The topological polar surface area (TPSA) is 38.7 Å². The molecule has 1 aliphatic heterocycles. The van der Waals surface area contributed by atoms with Gasteiger partial charge < -0.3 is 14.6 Å². The third kappa shape index (κ3) is 3.69. The van der Waals surface area contributed by atoms with Gasteiger partial charge in [0.1, 0.15) is 0 Å². The molecule has 0 aromatic heterocycles. The Kier molecular flexibility index (Phi) is 5.22. The van der Waals surface area contributed by atoms with Crippen LogP contribution in [0.5, 0.6) is 0 Å². The Labute approximate surface area is 119 Å². The Balaban J connectivity index is 2.06. The van der Waals surface area contributed by atoms with Gasteiger partial charge in [-0.1, -0.05) is 23.7 Å². The zero-order valence-electron chi connectivity index (χ0n) is 11.3. The van der Waals surface area contributed by atoms with Crippen LogP contribution < -0.4 is 0 Å². The first-order valence-corrected chi connectivity index (χ1v) is 7.18. The molecule has 1 aliphatic rings. The van der Waals surface area contributed by atoms with Crippen molar-refractivity contribution in [3.8, 4) is 0 Å². The number of hydrogen-bond acceptors (Lipinski definition) is 3. The summed E-state index contributed by atoms with van der Waals surface area (Å²) in [7, 11) is 0. The maximum atomic E-state index is 10.6. The van der Waals surface area contributed by atoms with Crippen LogP contribution in [-0.4, -0.2) is 36.6 Å². The van der Waals surface area contributed by atoms with E-state index in [1.807, 2.05) is 31.2 Å². The van der Waals surface area contributed by atoms with Crippen LogP contribution in [-0.2, 0) is 15.9 Å². The Morgan fingerprint density at radius 2 is 1.95 bits per heavy atom. The highest BCUT2D eigenvalue weighted by atomic mass is 35.5. The van der Waals surface area contributed by atoms with E-state index in [1.165, 1.54) is 0 Å². The van der Waals surface area contributed by atoms with Crippen molar-refractivity contribution < 1.29 is 14.6 Å². The van der Waals surface area contributed by atoms with E-state index in [2.05, 4.69) is 0 Å². The minimum atomic E-state index is -0.516. The first-order valence-electron chi connectivity index (χ1n) is 6.80. The van der Waals surface area contributed by atoms with Crippen LogP contribution in [0, 0.1) is 0 Å². The summed E-state index contributed by atoms with van der Waals surface area (Å²) in [5.74, 6) is 0. The van der Waals surface area contributed by atoms with Gasteiger partial charge in [-0.3, -0.25) is 0 Å². The number of halogens is 1. The maximum absolute atomic E-state index is 10.6. The fourth-order valence-electron chi connectivity index (χ4n) is 2.61. The van der Waals surface area contributed by atoms with Gasteiger partial charge in [0.25, 0.3) is 0 Å². The van der Waals surface area contributed by atoms with E-state index in [1.54, 1.807) is 0 Å². The average Bonchev–Trinajstić information content (AvgIpc) is 2.43. The van der Waals surface area contributed by atoms with Gasteiger partial charge in [-0.15, -0.1) is 0 Å². The van der Waals surface area contributed by atoms with Gasteiger partial charge in [0.15, 0.2) is 0 Å². The summed E-state index contributed by atoms with van der Waals surface area (Å²) in [5, 5.41) is 11.3. The zero-order valence-corrected chi connectivity index (χ0v) is 12.0. The van der Waals surface area contributed by atoms with Gasteiger partial charge in [-0.2, -0.15) is 0 Å². The summed E-state index contributed by atoms with van der Waals surface area (Å²) >= 11 is 5.87. The highest BCUT2D eigenvalue weighted by Gasteiger charge is 2.40. The SMILES string of the molecule is CCOC1(C(O)Cc2ccc(Cl)cc2)CCOCC1. The molecule has 1 aromatic carbocycles. The molecule has 106 valence electrons. The smallest absolute Gasteiger partial charge is 0.0987 e. The van der Waals surface area contributed by atoms with Crippen LogP contribution in [0.4, 0.5) is 0 Å². The molecule has 2 rings (SSSR count). The maximum Gasteiger partial charge on any atom is 0.0987 e. The molecule has 19 heavy (non-hydrogen) atoms. The van der Waals surface area contributed by atoms with Crippen LogP contribution in [0.2, 0.25) is 5.02 Å². The van der Waals surface area contributed by atoms with Crippen LogP contribution in [0.1, 0.15) is 25.3 Å². The fraction of sp³-hybridized carbons (Fsp3) is 0.600. The second-order valence-corrected chi connectivity index (χ2v) is 5.39. The van der Waals surface area contributed by atoms with Crippen molar-refractivity contribution in [2.75, 3.05) is 19.8 Å². The summed E-state index contributed by atoms with van der Waals surface area (Å²) in [5.41, 5.74) is 0.606. The molecule has 1 unspecified atom stereocenters. The van der Waals surface area contributed by atoms with Gasteiger partial charge in [0.2, 0.25) is 0 Å². The molecule has 0 amide bonds. The highest BCUT2D eigenvalue weighted by molar-refractivity contribution is 6.30. The summed E-state index contributed by atoms with van der Waals surface area (Å²) in [6.07, 6.45) is 1.56. The van der Waals surface area contributed by atoms with E-state index in [4.69, 9.17) is 21.1 Å². The number of aliphatic hydroxyl groups is 1. The average molecular weight is 285 g/mol. The summed E-state index contributed by atoms with van der Waals surface area (Å²) < 4.78 is 11.3. The lowest BCUT2D eigenvalue weighted by Crippen LogP contribution is -2.50. The molecule has 3 nitrogen and oxygen atoms in total. The molecule has 1 atom stereocenters. The quantitative estimate of drug-likeness (QED) is 0.904. The van der Waals surface area contributed by atoms with E-state index < -0.39 is 11.7 Å². The number of benzene rings is 1. The number of hydrogen-bond donors (Lipinski definition) is 1. The molecule has 0 spiro atoms. The molecule has 0 bridgehead atoms. The molecule has 1 N–H and O–H groups in total. The monoisotopic (exact) mass is 284 g/mol. The number of rotatable bonds is 5. The minimum absolute atomic E-state index is 0.466. The lowest BCUT2D eigenvalue weighted by atomic mass is 9.84. The van der Waals surface area contributed by atoms with Crippen molar-refractivity contribution in [3.05, 3.63) is 34.9 Å². The van der Waals surface area contributed by atoms with E-state index in [9.17, 15) is 5.11 Å². The Hall–Kier alpha value is -0.610. The van der Waals surface area contributed by atoms with Gasteiger partial charge in [-0.05, 0) is 24.6 Å². The van der Waals surface area contributed by atoms with E-state index >= 15 is 0 Å². The predicted octanol–water partition coefficient (Wildman–Crippen LogP) is 2.83. The van der Waals surface area contributed by atoms with E-state index in [0.717, 1.165) is 18.4 Å². The standard InChI is InChI=1S/C15H21ClO3/c1-2-19-15(7-9-18-10-8-15)14(17)11-12-3-5-13(16)6-4-12/h3-6,14,17H,2,7-11H2,1H3. The Bertz CT molecular complexity index is 379. The summed E-state index contributed by atoms with van der Waals surface area (Å²) in [6.45, 7) is 3.87. The highest BCUT2D eigenvalue weighted by Crippen LogP contribution is 2.31. The van der Waals surface area contributed by atoms with Crippen molar-refractivity contribution in [1.82, 2.24) is 0 Å². The molecule has 1 saturated heterocycles. The van der Waals surface area contributed by atoms with Crippen molar-refractivity contribution in [2.24, 2.45) is 0 Å². The molecular formula is C15H21ClO3. The predicted molar refractivity (Wildman–Crippen MR) is 75.6 cm³/mol. The number of aliphatic hydroxyl groups excluding tert-OH is 1. The van der Waals surface area contributed by atoms with Gasteiger partial charge in [-0.25, -0.2) is 0 Å². The zero-order chi connectivity index (χ0) is 13.7. The lowest BCUT2D eigenvalue weighted by Gasteiger charge is -2.40.